The first-order valence-corrected chi connectivity index (χ1v) is 5.32. The van der Waals surface area contributed by atoms with E-state index in [-0.39, 0.29) is 30.3 Å². The number of nitrogens with zero attached hydrogens (tertiary/aromatic N) is 1. The maximum atomic E-state index is 11.6. The maximum Gasteiger partial charge on any atom is 0.313 e. The summed E-state index contributed by atoms with van der Waals surface area (Å²) >= 11 is 0. The summed E-state index contributed by atoms with van der Waals surface area (Å²) < 4.78 is 4.88. The molecule has 92 valence electrons. The Labute approximate surface area is 99.4 Å². The van der Waals surface area contributed by atoms with Crippen molar-refractivity contribution in [1.29, 1.82) is 0 Å². The number of carbonyl (C=O) groups is 2. The van der Waals surface area contributed by atoms with Crippen LogP contribution >= 0.6 is 0 Å². The summed E-state index contributed by atoms with van der Waals surface area (Å²) in [4.78, 5) is 26.6. The molecule has 1 rings (SSSR count). The first-order valence-electron chi connectivity index (χ1n) is 5.32. The van der Waals surface area contributed by atoms with Crippen LogP contribution in [0.4, 0.5) is 0 Å². The highest BCUT2D eigenvalue weighted by molar-refractivity contribution is 6.07. The third kappa shape index (κ3) is 4.22. The van der Waals surface area contributed by atoms with E-state index in [0.717, 1.165) is 6.20 Å². The van der Waals surface area contributed by atoms with Crippen LogP contribution in [0.3, 0.4) is 0 Å². The maximum absolute atomic E-state index is 11.6. The number of hydrogen-bond donors (Lipinski definition) is 1. The Morgan fingerprint density at radius 2 is 2.18 bits per heavy atom. The fourth-order valence-corrected chi connectivity index (χ4v) is 1.16. The van der Waals surface area contributed by atoms with E-state index in [1.165, 1.54) is 12.3 Å². The fourth-order valence-electron chi connectivity index (χ4n) is 1.16. The average molecular weight is 237 g/mol. The number of ketones is 1. The number of ether oxygens (including phenoxy) is 1. The zero-order valence-electron chi connectivity index (χ0n) is 9.84. The van der Waals surface area contributed by atoms with Crippen LogP contribution in [-0.4, -0.2) is 28.4 Å². The molecule has 17 heavy (non-hydrogen) atoms. The van der Waals surface area contributed by atoms with Crippen molar-refractivity contribution in [2.24, 2.45) is 5.92 Å². The number of rotatable bonds is 5. The second-order valence-corrected chi connectivity index (χ2v) is 4.07. The molecule has 1 heterocycles. The SMILES string of the molecule is CC(C)COC(=O)CC(=O)c1ccncc1O. The van der Waals surface area contributed by atoms with Crippen molar-refractivity contribution in [3.63, 3.8) is 0 Å². The molecule has 1 aromatic rings. The summed E-state index contributed by atoms with van der Waals surface area (Å²) in [5, 5.41) is 9.38. The van der Waals surface area contributed by atoms with E-state index in [2.05, 4.69) is 4.98 Å². The van der Waals surface area contributed by atoms with Gasteiger partial charge in [-0.25, -0.2) is 0 Å². The Balaban J connectivity index is 2.55. The van der Waals surface area contributed by atoms with Crippen molar-refractivity contribution in [2.75, 3.05) is 6.61 Å². The Bertz CT molecular complexity index is 415. The molecule has 0 aromatic carbocycles. The van der Waals surface area contributed by atoms with Gasteiger partial charge in [-0.2, -0.15) is 0 Å². The summed E-state index contributed by atoms with van der Waals surface area (Å²) in [6, 6.07) is 1.37. The highest BCUT2D eigenvalue weighted by Crippen LogP contribution is 2.16. The van der Waals surface area contributed by atoms with Crippen LogP contribution in [-0.2, 0) is 9.53 Å². The summed E-state index contributed by atoms with van der Waals surface area (Å²) in [5.74, 6) is -1.06. The van der Waals surface area contributed by atoms with E-state index in [1.807, 2.05) is 13.8 Å². The minimum atomic E-state index is -0.583. The molecule has 0 bridgehead atoms. The van der Waals surface area contributed by atoms with Crippen molar-refractivity contribution < 1.29 is 19.4 Å². The normalized spacial score (nSPS) is 10.3. The standard InChI is InChI=1S/C12H15NO4/c1-8(2)7-17-12(16)5-10(14)9-3-4-13-6-11(9)15/h3-4,6,8,15H,5,7H2,1-2H3. The largest absolute Gasteiger partial charge is 0.506 e. The molecule has 0 saturated carbocycles. The van der Waals surface area contributed by atoms with E-state index in [9.17, 15) is 14.7 Å². The second-order valence-electron chi connectivity index (χ2n) is 4.07. The molecule has 0 amide bonds. The van der Waals surface area contributed by atoms with Gasteiger partial charge in [0.05, 0.1) is 18.4 Å². The molecule has 0 aliphatic carbocycles. The Morgan fingerprint density at radius 3 is 2.76 bits per heavy atom. The van der Waals surface area contributed by atoms with Crippen LogP contribution in [0.15, 0.2) is 18.5 Å². The van der Waals surface area contributed by atoms with Crippen molar-refractivity contribution in [1.82, 2.24) is 4.98 Å². The summed E-state index contributed by atoms with van der Waals surface area (Å²) in [6.07, 6.45) is 2.17. The smallest absolute Gasteiger partial charge is 0.313 e. The number of Topliss-reactive ketones (excluding diaryl/α,β-unsaturated/α-hetero) is 1. The van der Waals surface area contributed by atoms with Gasteiger partial charge in [0.2, 0.25) is 0 Å². The molecule has 5 heteroatoms. The van der Waals surface area contributed by atoms with Crippen LogP contribution in [0, 0.1) is 5.92 Å². The highest BCUT2D eigenvalue weighted by atomic mass is 16.5. The molecule has 0 fully saturated rings. The third-order valence-electron chi connectivity index (χ3n) is 1.98. The Morgan fingerprint density at radius 1 is 1.47 bits per heavy atom. The number of carbonyl (C=O) groups excluding carboxylic acids is 2. The predicted molar refractivity (Wildman–Crippen MR) is 60.6 cm³/mol. The van der Waals surface area contributed by atoms with Crippen LogP contribution in [0.2, 0.25) is 0 Å². The van der Waals surface area contributed by atoms with E-state index in [4.69, 9.17) is 4.74 Å². The van der Waals surface area contributed by atoms with Gasteiger partial charge in [0, 0.05) is 6.20 Å². The Kier molecular flexibility index (Phi) is 4.63. The minimum Gasteiger partial charge on any atom is -0.506 e. The topological polar surface area (TPSA) is 76.5 Å². The summed E-state index contributed by atoms with van der Waals surface area (Å²) in [5.41, 5.74) is 0.0847. The molecular weight excluding hydrogens is 222 g/mol. The zero-order chi connectivity index (χ0) is 12.8. The van der Waals surface area contributed by atoms with E-state index >= 15 is 0 Å². The first kappa shape index (κ1) is 13.2. The molecule has 0 radical (unpaired) electrons. The number of esters is 1. The van der Waals surface area contributed by atoms with Gasteiger partial charge in [0.1, 0.15) is 12.2 Å². The third-order valence-corrected chi connectivity index (χ3v) is 1.98. The molecular formula is C12H15NO4. The van der Waals surface area contributed by atoms with Crippen LogP contribution < -0.4 is 0 Å². The van der Waals surface area contributed by atoms with Gasteiger partial charge in [0.15, 0.2) is 5.78 Å². The Hall–Kier alpha value is -1.91. The average Bonchev–Trinajstić information content (AvgIpc) is 2.26. The van der Waals surface area contributed by atoms with E-state index < -0.39 is 11.8 Å². The quantitative estimate of drug-likeness (QED) is 0.477. The molecule has 0 unspecified atom stereocenters. The van der Waals surface area contributed by atoms with Crippen molar-refractivity contribution in [3.8, 4) is 5.75 Å². The van der Waals surface area contributed by atoms with Gasteiger partial charge < -0.3 is 9.84 Å². The van der Waals surface area contributed by atoms with Gasteiger partial charge in [-0.1, -0.05) is 13.8 Å². The molecule has 0 aliphatic rings. The molecule has 0 atom stereocenters. The fraction of sp³-hybridized carbons (Fsp3) is 0.417. The van der Waals surface area contributed by atoms with Crippen LogP contribution in [0.1, 0.15) is 30.6 Å². The van der Waals surface area contributed by atoms with Crippen molar-refractivity contribution in [3.05, 3.63) is 24.0 Å². The predicted octanol–water partition coefficient (Wildman–Crippen LogP) is 1.56. The second kappa shape index (κ2) is 5.98. The van der Waals surface area contributed by atoms with Gasteiger partial charge in [-0.05, 0) is 12.0 Å². The van der Waals surface area contributed by atoms with Gasteiger partial charge >= 0.3 is 5.97 Å². The van der Waals surface area contributed by atoms with Crippen LogP contribution in [0.5, 0.6) is 5.75 Å². The van der Waals surface area contributed by atoms with Crippen molar-refractivity contribution >= 4 is 11.8 Å². The lowest BCUT2D eigenvalue weighted by atomic mass is 10.1. The summed E-state index contributed by atoms with van der Waals surface area (Å²) in [6.45, 7) is 4.10. The number of aromatic hydroxyl groups is 1. The van der Waals surface area contributed by atoms with E-state index in [1.54, 1.807) is 0 Å². The van der Waals surface area contributed by atoms with Gasteiger partial charge in [0.25, 0.3) is 0 Å². The number of hydrogen-bond acceptors (Lipinski definition) is 5. The lowest BCUT2D eigenvalue weighted by Crippen LogP contribution is -2.14. The summed E-state index contributed by atoms with van der Waals surface area (Å²) in [7, 11) is 0. The zero-order valence-corrected chi connectivity index (χ0v) is 9.84. The molecule has 0 saturated heterocycles. The number of pyridine rings is 1. The molecule has 1 N–H and O–H groups in total. The lowest BCUT2D eigenvalue weighted by Gasteiger charge is -2.07. The minimum absolute atomic E-state index is 0.0847. The highest BCUT2D eigenvalue weighted by Gasteiger charge is 2.16. The van der Waals surface area contributed by atoms with Gasteiger partial charge in [-0.15, -0.1) is 0 Å². The van der Waals surface area contributed by atoms with Gasteiger partial charge in [-0.3, -0.25) is 14.6 Å². The number of aromatic nitrogens is 1. The molecule has 1 aromatic heterocycles. The molecule has 0 aliphatic heterocycles. The lowest BCUT2D eigenvalue weighted by molar-refractivity contribution is -0.143. The van der Waals surface area contributed by atoms with Crippen molar-refractivity contribution in [2.45, 2.75) is 20.3 Å². The molecule has 5 nitrogen and oxygen atoms in total. The van der Waals surface area contributed by atoms with E-state index in [0.29, 0.717) is 0 Å². The first-order chi connectivity index (χ1) is 8.00. The van der Waals surface area contributed by atoms with Crippen LogP contribution in [0.25, 0.3) is 0 Å². The molecule has 0 spiro atoms. The monoisotopic (exact) mass is 237 g/mol.